The molecule has 15 heavy (non-hydrogen) atoms. The summed E-state index contributed by atoms with van der Waals surface area (Å²) < 4.78 is 0. The highest BCUT2D eigenvalue weighted by Crippen LogP contribution is 2.25. The second-order valence-electron chi connectivity index (χ2n) is 2.91. The predicted molar refractivity (Wildman–Crippen MR) is 67.5 cm³/mol. The van der Waals surface area contributed by atoms with Crippen molar-refractivity contribution in [2.24, 2.45) is 0 Å². The number of aromatic nitrogens is 1. The molecule has 1 aromatic carbocycles. The van der Waals surface area contributed by atoms with E-state index in [0.29, 0.717) is 5.82 Å². The fraction of sp³-hybridized carbons (Fsp3) is 0.100. The third-order valence-electron chi connectivity index (χ3n) is 1.75. The van der Waals surface area contributed by atoms with Gasteiger partial charge in [-0.25, -0.2) is 4.98 Å². The number of thioether (sulfide) groups is 1. The van der Waals surface area contributed by atoms with E-state index in [-0.39, 0.29) is 0 Å². The van der Waals surface area contributed by atoms with Gasteiger partial charge in [-0.05, 0) is 24.3 Å². The highest BCUT2D eigenvalue weighted by molar-refractivity contribution is 7.98. The number of thiazole rings is 1. The number of nitrogens with zero attached hydrogens (tertiary/aromatic N) is 1. The Morgan fingerprint density at radius 2 is 2.07 bits per heavy atom. The first kappa shape index (κ1) is 10.8. The Balaban J connectivity index is 1.96. The number of anilines is 1. The van der Waals surface area contributed by atoms with Gasteiger partial charge in [-0.3, -0.25) is 0 Å². The van der Waals surface area contributed by atoms with Crippen molar-refractivity contribution in [3.63, 3.8) is 0 Å². The molecule has 0 spiro atoms. The van der Waals surface area contributed by atoms with E-state index in [1.165, 1.54) is 4.90 Å². The molecule has 78 valence electrons. The van der Waals surface area contributed by atoms with E-state index in [9.17, 15) is 0 Å². The first-order chi connectivity index (χ1) is 7.24. The maximum atomic E-state index is 5.80. The van der Waals surface area contributed by atoms with Gasteiger partial charge in [0.05, 0.1) is 5.75 Å². The minimum atomic E-state index is 0.603. The lowest BCUT2D eigenvalue weighted by atomic mass is 10.4. The summed E-state index contributed by atoms with van der Waals surface area (Å²) in [6.07, 6.45) is 0. The van der Waals surface area contributed by atoms with Crippen LogP contribution in [0.15, 0.2) is 34.5 Å². The topological polar surface area (TPSA) is 38.9 Å². The van der Waals surface area contributed by atoms with Crippen molar-refractivity contribution in [2.45, 2.75) is 10.6 Å². The molecule has 0 aliphatic heterocycles. The molecule has 0 aliphatic rings. The maximum absolute atomic E-state index is 5.80. The van der Waals surface area contributed by atoms with Crippen molar-refractivity contribution in [1.29, 1.82) is 0 Å². The molecule has 0 saturated heterocycles. The molecule has 0 radical (unpaired) electrons. The summed E-state index contributed by atoms with van der Waals surface area (Å²) in [6, 6.07) is 7.79. The molecule has 2 N–H and O–H groups in total. The molecular weight excluding hydrogens is 248 g/mol. The fourth-order valence-corrected chi connectivity index (χ4v) is 2.79. The molecule has 0 unspecified atom stereocenters. The van der Waals surface area contributed by atoms with Crippen molar-refractivity contribution < 1.29 is 0 Å². The lowest BCUT2D eigenvalue weighted by Crippen LogP contribution is -1.84. The summed E-state index contributed by atoms with van der Waals surface area (Å²) in [7, 11) is 0. The Kier molecular flexibility index (Phi) is 3.51. The van der Waals surface area contributed by atoms with Crippen LogP contribution in [-0.4, -0.2) is 4.98 Å². The molecular formula is C10H9ClN2S2. The van der Waals surface area contributed by atoms with Gasteiger partial charge in [0.2, 0.25) is 0 Å². The summed E-state index contributed by atoms with van der Waals surface area (Å²) in [5.41, 5.74) is 5.54. The van der Waals surface area contributed by atoms with Gasteiger partial charge >= 0.3 is 0 Å². The lowest BCUT2D eigenvalue weighted by Gasteiger charge is -1.98. The zero-order valence-corrected chi connectivity index (χ0v) is 10.2. The molecule has 0 aliphatic carbocycles. The summed E-state index contributed by atoms with van der Waals surface area (Å²) in [5.74, 6) is 1.45. The molecule has 0 saturated carbocycles. The van der Waals surface area contributed by atoms with Crippen LogP contribution in [0.3, 0.4) is 0 Å². The minimum Gasteiger partial charge on any atom is -0.383 e. The average Bonchev–Trinajstić information content (AvgIpc) is 2.64. The number of halogens is 1. The van der Waals surface area contributed by atoms with Crippen LogP contribution in [0.25, 0.3) is 0 Å². The molecule has 1 heterocycles. The molecule has 0 bridgehead atoms. The Morgan fingerprint density at radius 1 is 1.33 bits per heavy atom. The average molecular weight is 257 g/mol. The molecule has 0 amide bonds. The summed E-state index contributed by atoms with van der Waals surface area (Å²) in [6.45, 7) is 0. The minimum absolute atomic E-state index is 0.603. The molecule has 0 fully saturated rings. The van der Waals surface area contributed by atoms with Crippen molar-refractivity contribution in [3.8, 4) is 0 Å². The largest absolute Gasteiger partial charge is 0.383 e. The van der Waals surface area contributed by atoms with Crippen molar-refractivity contribution in [1.82, 2.24) is 4.98 Å². The predicted octanol–water partition coefficient (Wildman–Crippen LogP) is 3.67. The van der Waals surface area contributed by atoms with E-state index in [4.69, 9.17) is 17.3 Å². The zero-order chi connectivity index (χ0) is 10.7. The van der Waals surface area contributed by atoms with Crippen LogP contribution in [0.5, 0.6) is 0 Å². The zero-order valence-electron chi connectivity index (χ0n) is 7.81. The van der Waals surface area contributed by atoms with Gasteiger partial charge in [0.1, 0.15) is 10.8 Å². The SMILES string of the molecule is Nc1csc(CSc2ccc(Cl)cc2)n1. The van der Waals surface area contributed by atoms with E-state index in [1.54, 1.807) is 23.1 Å². The first-order valence-corrected chi connectivity index (χ1v) is 6.56. The smallest absolute Gasteiger partial charge is 0.134 e. The summed E-state index contributed by atoms with van der Waals surface area (Å²) in [5, 5.41) is 3.67. The lowest BCUT2D eigenvalue weighted by molar-refractivity contribution is 1.27. The van der Waals surface area contributed by atoms with Gasteiger partial charge in [-0.15, -0.1) is 23.1 Å². The molecule has 1 aromatic heterocycles. The van der Waals surface area contributed by atoms with Crippen LogP contribution in [0, 0.1) is 0 Å². The molecule has 2 rings (SSSR count). The van der Waals surface area contributed by atoms with Gasteiger partial charge in [-0.1, -0.05) is 11.6 Å². The van der Waals surface area contributed by atoms with Crippen molar-refractivity contribution in [2.75, 3.05) is 5.73 Å². The molecule has 2 nitrogen and oxygen atoms in total. The standard InChI is InChI=1S/C10H9ClN2S2/c11-7-1-3-8(4-2-7)14-6-10-13-9(12)5-15-10/h1-5H,6,12H2. The van der Waals surface area contributed by atoms with Gasteiger partial charge in [-0.2, -0.15) is 0 Å². The molecule has 0 atom stereocenters. The quantitative estimate of drug-likeness (QED) is 0.852. The van der Waals surface area contributed by atoms with Crippen LogP contribution in [-0.2, 0) is 5.75 Å². The Hall–Kier alpha value is -0.710. The number of nitrogens with two attached hydrogens (primary N) is 1. The number of hydrogen-bond acceptors (Lipinski definition) is 4. The van der Waals surface area contributed by atoms with Gasteiger partial charge < -0.3 is 5.73 Å². The van der Waals surface area contributed by atoms with E-state index in [0.717, 1.165) is 15.8 Å². The van der Waals surface area contributed by atoms with Crippen molar-refractivity contribution >= 4 is 40.5 Å². The van der Waals surface area contributed by atoms with Crippen LogP contribution in [0.2, 0.25) is 5.02 Å². The highest BCUT2D eigenvalue weighted by atomic mass is 35.5. The monoisotopic (exact) mass is 256 g/mol. The van der Waals surface area contributed by atoms with Crippen LogP contribution in [0.1, 0.15) is 5.01 Å². The Labute approximate surface area is 101 Å². The molecule has 2 aromatic rings. The first-order valence-electron chi connectivity index (χ1n) is 4.32. The van der Waals surface area contributed by atoms with Gasteiger partial charge in [0.25, 0.3) is 0 Å². The normalized spacial score (nSPS) is 10.5. The summed E-state index contributed by atoms with van der Waals surface area (Å²) >= 11 is 9.11. The number of rotatable bonds is 3. The second-order valence-corrected chi connectivity index (χ2v) is 5.34. The van der Waals surface area contributed by atoms with Crippen molar-refractivity contribution in [3.05, 3.63) is 39.7 Å². The Morgan fingerprint density at radius 3 is 2.67 bits per heavy atom. The van der Waals surface area contributed by atoms with E-state index in [1.807, 2.05) is 29.6 Å². The van der Waals surface area contributed by atoms with Gasteiger partial charge in [0, 0.05) is 15.3 Å². The molecule has 5 heteroatoms. The third kappa shape index (κ3) is 3.12. The Bertz CT molecular complexity index is 439. The summed E-state index contributed by atoms with van der Waals surface area (Å²) in [4.78, 5) is 5.38. The van der Waals surface area contributed by atoms with E-state index < -0.39 is 0 Å². The second kappa shape index (κ2) is 4.88. The van der Waals surface area contributed by atoms with Crippen LogP contribution >= 0.6 is 34.7 Å². The number of benzene rings is 1. The van der Waals surface area contributed by atoms with E-state index in [2.05, 4.69) is 4.98 Å². The van der Waals surface area contributed by atoms with E-state index >= 15 is 0 Å². The number of nitrogen functional groups attached to an aromatic ring is 1. The number of hydrogen-bond donors (Lipinski definition) is 1. The maximum Gasteiger partial charge on any atom is 0.134 e. The highest BCUT2D eigenvalue weighted by Gasteiger charge is 2.00. The fourth-order valence-electron chi connectivity index (χ4n) is 1.07. The van der Waals surface area contributed by atoms with Crippen LogP contribution < -0.4 is 5.73 Å². The third-order valence-corrected chi connectivity index (χ3v) is 4.07. The van der Waals surface area contributed by atoms with Gasteiger partial charge in [0.15, 0.2) is 0 Å². The van der Waals surface area contributed by atoms with Crippen LogP contribution in [0.4, 0.5) is 5.82 Å².